The van der Waals surface area contributed by atoms with E-state index in [1.807, 2.05) is 4.90 Å². The predicted molar refractivity (Wildman–Crippen MR) is 104 cm³/mol. The molecule has 4 heterocycles. The fraction of sp³-hybridized carbons (Fsp3) is 0.375. The molecule has 1 aliphatic rings. The van der Waals surface area contributed by atoms with Crippen LogP contribution < -0.4 is 10.2 Å². The fourth-order valence-corrected chi connectivity index (χ4v) is 3.83. The van der Waals surface area contributed by atoms with Gasteiger partial charge in [0, 0.05) is 56.9 Å². The normalized spacial score (nSPS) is 14.4. The van der Waals surface area contributed by atoms with Gasteiger partial charge in [-0.1, -0.05) is 11.3 Å². The van der Waals surface area contributed by atoms with Crippen LogP contribution in [0.25, 0.3) is 4.96 Å². The van der Waals surface area contributed by atoms with Gasteiger partial charge in [-0.3, -0.25) is 4.79 Å². The van der Waals surface area contributed by atoms with Crippen LogP contribution in [0.4, 0.5) is 17.6 Å². The lowest BCUT2D eigenvalue weighted by molar-refractivity contribution is -0.389. The highest BCUT2D eigenvalue weighted by Crippen LogP contribution is 2.27. The zero-order chi connectivity index (χ0) is 19.5. The molecule has 3 aromatic rings. The Hall–Kier alpha value is -3.28. The van der Waals surface area contributed by atoms with Gasteiger partial charge in [-0.2, -0.15) is 9.38 Å². The standard InChI is InChI=1S/C16H18N8O3S/c25-12(21-6-8-22(9-7-21)15-18-3-1-4-19-15)2-5-17-13-14(24(26)27)23-10-11-28-16(23)20-13/h1,3-4,10-11,17H,2,5-9H2. The summed E-state index contributed by atoms with van der Waals surface area (Å²) in [5.41, 5.74) is 0. The van der Waals surface area contributed by atoms with E-state index >= 15 is 0 Å². The Balaban J connectivity index is 1.29. The van der Waals surface area contributed by atoms with E-state index in [1.54, 1.807) is 34.9 Å². The monoisotopic (exact) mass is 402 g/mol. The minimum absolute atomic E-state index is 0.00445. The number of thiazole rings is 1. The quantitative estimate of drug-likeness (QED) is 0.483. The number of carbonyl (C=O) groups excluding carboxylic acids is 1. The number of nitrogens with zero attached hydrogens (tertiary/aromatic N) is 7. The number of imidazole rings is 1. The number of piperazine rings is 1. The van der Waals surface area contributed by atoms with Gasteiger partial charge < -0.3 is 25.2 Å². The summed E-state index contributed by atoms with van der Waals surface area (Å²) in [5, 5.41) is 16.0. The van der Waals surface area contributed by atoms with Crippen LogP contribution in [-0.2, 0) is 4.79 Å². The van der Waals surface area contributed by atoms with Crippen molar-refractivity contribution in [3.63, 3.8) is 0 Å². The molecule has 0 atom stereocenters. The van der Waals surface area contributed by atoms with Crippen molar-refractivity contribution in [2.75, 3.05) is 42.9 Å². The Bertz CT molecular complexity index is 980. The molecule has 1 amide bonds. The topological polar surface area (TPSA) is 122 Å². The second-order valence-electron chi connectivity index (χ2n) is 6.19. The molecule has 12 heteroatoms. The summed E-state index contributed by atoms with van der Waals surface area (Å²) < 4.78 is 1.43. The van der Waals surface area contributed by atoms with E-state index in [0.29, 0.717) is 37.1 Å². The van der Waals surface area contributed by atoms with E-state index in [0.717, 1.165) is 0 Å². The van der Waals surface area contributed by atoms with Gasteiger partial charge >= 0.3 is 5.82 Å². The Morgan fingerprint density at radius 1 is 1.25 bits per heavy atom. The molecule has 0 aliphatic carbocycles. The van der Waals surface area contributed by atoms with E-state index in [2.05, 4.69) is 20.3 Å². The minimum Gasteiger partial charge on any atom is -0.362 e. The third-order valence-electron chi connectivity index (χ3n) is 4.51. The summed E-state index contributed by atoms with van der Waals surface area (Å²) in [6.07, 6.45) is 5.25. The first-order valence-corrected chi connectivity index (χ1v) is 9.65. The van der Waals surface area contributed by atoms with Gasteiger partial charge in [0.2, 0.25) is 17.7 Å². The molecular weight excluding hydrogens is 384 g/mol. The molecule has 1 N–H and O–H groups in total. The minimum atomic E-state index is -0.470. The zero-order valence-electron chi connectivity index (χ0n) is 14.9. The van der Waals surface area contributed by atoms with E-state index < -0.39 is 4.92 Å². The number of carbonyl (C=O) groups is 1. The zero-order valence-corrected chi connectivity index (χ0v) is 15.7. The second kappa shape index (κ2) is 7.76. The lowest BCUT2D eigenvalue weighted by atomic mass is 10.3. The Labute approximate surface area is 163 Å². The molecular formula is C16H18N8O3S. The van der Waals surface area contributed by atoms with Crippen molar-refractivity contribution in [3.05, 3.63) is 40.2 Å². The molecule has 4 rings (SSSR count). The molecule has 1 saturated heterocycles. The molecule has 1 aliphatic heterocycles. The average Bonchev–Trinajstić information content (AvgIpc) is 3.29. The largest absolute Gasteiger partial charge is 0.372 e. The maximum absolute atomic E-state index is 12.5. The smallest absolute Gasteiger partial charge is 0.362 e. The first-order chi connectivity index (χ1) is 13.6. The van der Waals surface area contributed by atoms with E-state index in [9.17, 15) is 14.9 Å². The molecule has 0 aromatic carbocycles. The van der Waals surface area contributed by atoms with Gasteiger partial charge in [-0.05, 0) is 11.0 Å². The Morgan fingerprint density at radius 2 is 2.00 bits per heavy atom. The van der Waals surface area contributed by atoms with Crippen molar-refractivity contribution in [1.29, 1.82) is 0 Å². The summed E-state index contributed by atoms with van der Waals surface area (Å²) in [5.74, 6) is 0.754. The molecule has 0 spiro atoms. The first-order valence-electron chi connectivity index (χ1n) is 8.77. The lowest BCUT2D eigenvalue weighted by Crippen LogP contribution is -2.49. The molecule has 11 nitrogen and oxygen atoms in total. The first kappa shape index (κ1) is 18.1. The molecule has 0 bridgehead atoms. The average molecular weight is 402 g/mol. The molecule has 0 saturated carbocycles. The number of hydrogen-bond acceptors (Lipinski definition) is 9. The van der Waals surface area contributed by atoms with E-state index in [4.69, 9.17) is 0 Å². The van der Waals surface area contributed by atoms with Crippen molar-refractivity contribution >= 4 is 39.8 Å². The maximum atomic E-state index is 12.5. The highest BCUT2D eigenvalue weighted by atomic mass is 32.1. The van der Waals surface area contributed by atoms with Crippen LogP contribution in [0.5, 0.6) is 0 Å². The van der Waals surface area contributed by atoms with Crippen LogP contribution in [0, 0.1) is 10.1 Å². The number of nitrogens with one attached hydrogen (secondary N) is 1. The fourth-order valence-electron chi connectivity index (χ4n) is 3.12. The van der Waals surface area contributed by atoms with Gasteiger partial charge in [0.1, 0.15) is 6.20 Å². The molecule has 0 unspecified atom stereocenters. The molecule has 146 valence electrons. The SMILES string of the molecule is O=C(CCNc1nc2sccn2c1[N+](=O)[O-])N1CCN(c2ncccn2)CC1. The van der Waals surface area contributed by atoms with Crippen LogP contribution in [-0.4, -0.2) is 67.8 Å². The number of amides is 1. The van der Waals surface area contributed by atoms with Crippen LogP contribution in [0.2, 0.25) is 0 Å². The predicted octanol–water partition coefficient (Wildman–Crippen LogP) is 1.24. The number of anilines is 2. The number of nitro groups is 1. The maximum Gasteiger partial charge on any atom is 0.372 e. The summed E-state index contributed by atoms with van der Waals surface area (Å²) >= 11 is 1.32. The summed E-state index contributed by atoms with van der Waals surface area (Å²) in [6, 6.07) is 1.77. The van der Waals surface area contributed by atoms with Crippen LogP contribution in [0.15, 0.2) is 30.0 Å². The van der Waals surface area contributed by atoms with Gasteiger partial charge in [0.25, 0.3) is 4.96 Å². The van der Waals surface area contributed by atoms with Gasteiger partial charge in [-0.15, -0.1) is 0 Å². The number of hydrogen-bond donors (Lipinski definition) is 1. The summed E-state index contributed by atoms with van der Waals surface area (Å²) in [4.78, 5) is 40.4. The summed E-state index contributed by atoms with van der Waals surface area (Å²) in [6.45, 7) is 2.82. The van der Waals surface area contributed by atoms with E-state index in [-0.39, 0.29) is 30.5 Å². The lowest BCUT2D eigenvalue weighted by Gasteiger charge is -2.34. The Morgan fingerprint density at radius 3 is 2.71 bits per heavy atom. The highest BCUT2D eigenvalue weighted by Gasteiger charge is 2.25. The Kier molecular flexibility index (Phi) is 5.02. The third-order valence-corrected chi connectivity index (χ3v) is 5.27. The van der Waals surface area contributed by atoms with Crippen molar-refractivity contribution in [2.45, 2.75) is 6.42 Å². The van der Waals surface area contributed by atoms with Gasteiger partial charge in [0.05, 0.1) is 0 Å². The number of fused-ring (bicyclic) bond motifs is 1. The van der Waals surface area contributed by atoms with Crippen molar-refractivity contribution in [2.24, 2.45) is 0 Å². The molecule has 28 heavy (non-hydrogen) atoms. The third kappa shape index (κ3) is 3.58. The van der Waals surface area contributed by atoms with Crippen molar-refractivity contribution < 1.29 is 9.72 Å². The van der Waals surface area contributed by atoms with E-state index in [1.165, 1.54) is 15.7 Å². The molecule has 3 aromatic heterocycles. The van der Waals surface area contributed by atoms with Gasteiger partial charge in [0.15, 0.2) is 0 Å². The van der Waals surface area contributed by atoms with Crippen LogP contribution >= 0.6 is 11.3 Å². The molecule has 0 radical (unpaired) electrons. The second-order valence-corrected chi connectivity index (χ2v) is 7.06. The van der Waals surface area contributed by atoms with Crippen molar-refractivity contribution in [3.8, 4) is 0 Å². The number of aromatic nitrogens is 4. The van der Waals surface area contributed by atoms with Crippen molar-refractivity contribution in [1.82, 2.24) is 24.3 Å². The summed E-state index contributed by atoms with van der Waals surface area (Å²) in [7, 11) is 0. The van der Waals surface area contributed by atoms with Crippen LogP contribution in [0.3, 0.4) is 0 Å². The van der Waals surface area contributed by atoms with Gasteiger partial charge in [-0.25, -0.2) is 9.97 Å². The van der Waals surface area contributed by atoms with Crippen LogP contribution in [0.1, 0.15) is 6.42 Å². The number of rotatable bonds is 6. The highest BCUT2D eigenvalue weighted by molar-refractivity contribution is 7.15. The molecule has 1 fully saturated rings.